The van der Waals surface area contributed by atoms with Gasteiger partial charge >= 0.3 is 0 Å². The van der Waals surface area contributed by atoms with E-state index in [1.807, 2.05) is 24.3 Å². The molecule has 0 aromatic heterocycles. The van der Waals surface area contributed by atoms with E-state index in [0.29, 0.717) is 10.8 Å². The van der Waals surface area contributed by atoms with Crippen LogP contribution in [0.25, 0.3) is 0 Å². The van der Waals surface area contributed by atoms with Crippen LogP contribution in [0.5, 0.6) is 0 Å². The van der Waals surface area contributed by atoms with Gasteiger partial charge in [-0.25, -0.2) is 4.39 Å². The Labute approximate surface area is 115 Å². The highest BCUT2D eigenvalue weighted by molar-refractivity contribution is 7.99. The maximum atomic E-state index is 12.7. The number of halogens is 2. The summed E-state index contributed by atoms with van der Waals surface area (Å²) in [5.41, 5.74) is 0.720. The third-order valence-electron chi connectivity index (χ3n) is 2.48. The van der Waals surface area contributed by atoms with Gasteiger partial charge in [-0.1, -0.05) is 23.7 Å². The lowest BCUT2D eigenvalue weighted by Crippen LogP contribution is -2.00. The molecule has 2 rings (SSSR count). The molecule has 1 atom stereocenters. The van der Waals surface area contributed by atoms with Crippen molar-refractivity contribution in [3.05, 3.63) is 64.9 Å². The minimum atomic E-state index is -0.605. The van der Waals surface area contributed by atoms with E-state index in [4.69, 9.17) is 11.6 Å². The molecule has 0 aliphatic carbocycles. The molecule has 0 radical (unpaired) electrons. The molecule has 0 bridgehead atoms. The topological polar surface area (TPSA) is 20.2 Å². The summed E-state index contributed by atoms with van der Waals surface area (Å²) in [5, 5.41) is 10.7. The number of hydrogen-bond donors (Lipinski definition) is 1. The molecule has 2 aromatic rings. The van der Waals surface area contributed by atoms with Crippen LogP contribution in [-0.4, -0.2) is 10.9 Å². The van der Waals surface area contributed by atoms with Crippen LogP contribution in [-0.2, 0) is 0 Å². The van der Waals surface area contributed by atoms with Crippen molar-refractivity contribution in [2.24, 2.45) is 0 Å². The molecule has 1 nitrogen and oxygen atoms in total. The molecule has 0 amide bonds. The smallest absolute Gasteiger partial charge is 0.123 e. The molecular formula is C14H12ClFOS. The van der Waals surface area contributed by atoms with E-state index in [1.165, 1.54) is 23.9 Å². The average Bonchev–Trinajstić information content (AvgIpc) is 2.38. The van der Waals surface area contributed by atoms with E-state index < -0.39 is 6.10 Å². The van der Waals surface area contributed by atoms with Gasteiger partial charge in [0.05, 0.1) is 6.10 Å². The van der Waals surface area contributed by atoms with Crippen molar-refractivity contribution in [1.29, 1.82) is 0 Å². The first-order chi connectivity index (χ1) is 8.65. The van der Waals surface area contributed by atoms with Crippen molar-refractivity contribution in [3.8, 4) is 0 Å². The Kier molecular flexibility index (Phi) is 4.64. The molecule has 0 spiro atoms. The molecule has 1 N–H and O–H groups in total. The third-order valence-corrected chi connectivity index (χ3v) is 3.82. The van der Waals surface area contributed by atoms with Crippen molar-refractivity contribution in [2.75, 3.05) is 5.75 Å². The largest absolute Gasteiger partial charge is 0.388 e. The van der Waals surface area contributed by atoms with Crippen molar-refractivity contribution in [3.63, 3.8) is 0 Å². The summed E-state index contributed by atoms with van der Waals surface area (Å²) >= 11 is 7.32. The highest BCUT2D eigenvalue weighted by Gasteiger charge is 2.08. The molecule has 2 aromatic carbocycles. The van der Waals surface area contributed by atoms with E-state index >= 15 is 0 Å². The lowest BCUT2D eigenvalue weighted by atomic mass is 10.1. The van der Waals surface area contributed by atoms with Gasteiger partial charge in [-0.05, 0) is 42.0 Å². The monoisotopic (exact) mass is 282 g/mol. The number of rotatable bonds is 4. The number of hydrogen-bond acceptors (Lipinski definition) is 2. The zero-order valence-electron chi connectivity index (χ0n) is 9.51. The number of aliphatic hydroxyl groups is 1. The second-order valence-corrected chi connectivity index (χ2v) is 5.36. The van der Waals surface area contributed by atoms with Crippen molar-refractivity contribution in [2.45, 2.75) is 11.0 Å². The highest BCUT2D eigenvalue weighted by Crippen LogP contribution is 2.25. The average molecular weight is 283 g/mol. The Morgan fingerprint density at radius 2 is 1.67 bits per heavy atom. The van der Waals surface area contributed by atoms with Gasteiger partial charge in [0.1, 0.15) is 5.82 Å². The van der Waals surface area contributed by atoms with Crippen LogP contribution in [0.3, 0.4) is 0 Å². The summed E-state index contributed by atoms with van der Waals surface area (Å²) in [5.74, 6) is 0.226. The molecule has 0 aliphatic heterocycles. The summed E-state index contributed by atoms with van der Waals surface area (Å²) in [4.78, 5) is 1.04. The lowest BCUT2D eigenvalue weighted by Gasteiger charge is -2.10. The Morgan fingerprint density at radius 3 is 2.28 bits per heavy atom. The predicted octanol–water partition coefficient (Wildman–Crippen LogP) is 4.30. The minimum absolute atomic E-state index is 0.295. The van der Waals surface area contributed by atoms with Gasteiger partial charge in [0.15, 0.2) is 0 Å². The van der Waals surface area contributed by atoms with Crippen molar-refractivity contribution in [1.82, 2.24) is 0 Å². The van der Waals surface area contributed by atoms with Crippen molar-refractivity contribution >= 4 is 23.4 Å². The summed E-state index contributed by atoms with van der Waals surface area (Å²) in [7, 11) is 0. The SMILES string of the molecule is OC(CSc1ccc(Cl)cc1)c1ccc(F)cc1. The molecule has 18 heavy (non-hydrogen) atoms. The molecule has 94 valence electrons. The summed E-state index contributed by atoms with van der Waals surface area (Å²) < 4.78 is 12.7. The lowest BCUT2D eigenvalue weighted by molar-refractivity contribution is 0.204. The predicted molar refractivity (Wildman–Crippen MR) is 73.5 cm³/mol. The van der Waals surface area contributed by atoms with Crippen LogP contribution < -0.4 is 0 Å². The van der Waals surface area contributed by atoms with E-state index in [-0.39, 0.29) is 5.82 Å². The van der Waals surface area contributed by atoms with Crippen LogP contribution in [0, 0.1) is 5.82 Å². The molecule has 0 fully saturated rings. The highest BCUT2D eigenvalue weighted by atomic mass is 35.5. The first kappa shape index (κ1) is 13.4. The van der Waals surface area contributed by atoms with Gasteiger partial charge in [0, 0.05) is 15.7 Å². The van der Waals surface area contributed by atoms with E-state index in [0.717, 1.165) is 10.5 Å². The van der Waals surface area contributed by atoms with Crippen LogP contribution in [0.15, 0.2) is 53.4 Å². The van der Waals surface area contributed by atoms with Gasteiger partial charge in [0.25, 0.3) is 0 Å². The Hall–Kier alpha value is -1.03. The number of aliphatic hydroxyl groups excluding tert-OH is 1. The molecule has 1 unspecified atom stereocenters. The fraction of sp³-hybridized carbons (Fsp3) is 0.143. The molecule has 0 aliphatic rings. The zero-order chi connectivity index (χ0) is 13.0. The first-order valence-corrected chi connectivity index (χ1v) is 6.83. The zero-order valence-corrected chi connectivity index (χ0v) is 11.1. The van der Waals surface area contributed by atoms with E-state index in [9.17, 15) is 9.50 Å². The van der Waals surface area contributed by atoms with E-state index in [2.05, 4.69) is 0 Å². The molecular weight excluding hydrogens is 271 g/mol. The van der Waals surface area contributed by atoms with Crippen LogP contribution in [0.2, 0.25) is 5.02 Å². The summed E-state index contributed by atoms with van der Waals surface area (Å²) in [6, 6.07) is 13.3. The standard InChI is InChI=1S/C14H12ClFOS/c15-11-3-7-13(8-4-11)18-9-14(17)10-1-5-12(16)6-2-10/h1-8,14,17H,9H2. The fourth-order valence-corrected chi connectivity index (χ4v) is 2.48. The molecule has 0 saturated heterocycles. The summed E-state index contributed by atoms with van der Waals surface area (Å²) in [6.07, 6.45) is -0.605. The van der Waals surface area contributed by atoms with Crippen LogP contribution in [0.4, 0.5) is 4.39 Å². The number of thioether (sulfide) groups is 1. The van der Waals surface area contributed by atoms with Gasteiger partial charge in [-0.15, -0.1) is 11.8 Å². The third kappa shape index (κ3) is 3.73. The fourth-order valence-electron chi connectivity index (χ4n) is 1.49. The Bertz CT molecular complexity index is 498. The second-order valence-electron chi connectivity index (χ2n) is 3.83. The van der Waals surface area contributed by atoms with E-state index in [1.54, 1.807) is 12.1 Å². The normalized spacial score (nSPS) is 12.4. The summed E-state index contributed by atoms with van der Waals surface area (Å²) in [6.45, 7) is 0. The Morgan fingerprint density at radius 1 is 1.06 bits per heavy atom. The number of benzene rings is 2. The minimum Gasteiger partial charge on any atom is -0.388 e. The maximum absolute atomic E-state index is 12.7. The van der Waals surface area contributed by atoms with Crippen LogP contribution >= 0.6 is 23.4 Å². The molecule has 0 heterocycles. The quantitative estimate of drug-likeness (QED) is 0.844. The second kappa shape index (κ2) is 6.23. The van der Waals surface area contributed by atoms with Gasteiger partial charge in [-0.2, -0.15) is 0 Å². The van der Waals surface area contributed by atoms with Gasteiger partial charge < -0.3 is 5.11 Å². The first-order valence-electron chi connectivity index (χ1n) is 5.47. The molecule has 0 saturated carbocycles. The van der Waals surface area contributed by atoms with Gasteiger partial charge in [-0.3, -0.25) is 0 Å². The van der Waals surface area contributed by atoms with Gasteiger partial charge in [0.2, 0.25) is 0 Å². The Balaban J connectivity index is 1.93. The van der Waals surface area contributed by atoms with Crippen LogP contribution in [0.1, 0.15) is 11.7 Å². The van der Waals surface area contributed by atoms with Crippen molar-refractivity contribution < 1.29 is 9.50 Å². The maximum Gasteiger partial charge on any atom is 0.123 e. The molecule has 4 heteroatoms.